The van der Waals surface area contributed by atoms with Gasteiger partial charge in [-0.2, -0.15) is 0 Å². The van der Waals surface area contributed by atoms with E-state index in [1.54, 1.807) is 0 Å². The van der Waals surface area contributed by atoms with Crippen molar-refractivity contribution >= 4 is 27.6 Å². The summed E-state index contributed by atoms with van der Waals surface area (Å²) in [7, 11) is 0. The summed E-state index contributed by atoms with van der Waals surface area (Å²) in [6.07, 6.45) is 4.30. The van der Waals surface area contributed by atoms with Crippen molar-refractivity contribution in [2.75, 3.05) is 0 Å². The van der Waals surface area contributed by atoms with Crippen LogP contribution in [0.5, 0.6) is 0 Å². The molecule has 0 aromatic heterocycles. The van der Waals surface area contributed by atoms with Crippen molar-refractivity contribution in [3.8, 4) is 0 Å². The molecule has 0 nitrogen and oxygen atoms in total. The Morgan fingerprint density at radius 1 is 0.737 bits per heavy atom. The van der Waals surface area contributed by atoms with Crippen LogP contribution in [0.1, 0.15) is 26.3 Å². The van der Waals surface area contributed by atoms with Gasteiger partial charge in [-0.3, -0.25) is 0 Å². The molecule has 0 saturated carbocycles. The van der Waals surface area contributed by atoms with E-state index in [0.717, 1.165) is 0 Å². The maximum Gasteiger partial charge on any atom is -0.0103 e. The van der Waals surface area contributed by atoms with Gasteiger partial charge in [0.2, 0.25) is 0 Å². The van der Waals surface area contributed by atoms with Crippen LogP contribution in [0.25, 0.3) is 27.6 Å². The molecule has 0 saturated heterocycles. The molecule has 19 heavy (non-hydrogen) atoms. The van der Waals surface area contributed by atoms with E-state index >= 15 is 0 Å². The maximum absolute atomic E-state index is 2.26. The second-order valence-electron chi connectivity index (χ2n) is 4.23. The molecular formula is C19H20. The van der Waals surface area contributed by atoms with E-state index in [0.29, 0.717) is 0 Å². The van der Waals surface area contributed by atoms with Crippen molar-refractivity contribution in [3.05, 3.63) is 66.2 Å². The first-order valence-corrected chi connectivity index (χ1v) is 6.93. The van der Waals surface area contributed by atoms with Crippen LogP contribution < -0.4 is 0 Å². The molecule has 0 atom stereocenters. The zero-order chi connectivity index (χ0) is 13.7. The second-order valence-corrected chi connectivity index (χ2v) is 4.23. The number of hydrogen-bond acceptors (Lipinski definition) is 0. The van der Waals surface area contributed by atoms with Crippen LogP contribution in [0, 0.1) is 0 Å². The average molecular weight is 248 g/mol. The Morgan fingerprint density at radius 2 is 1.21 bits per heavy atom. The van der Waals surface area contributed by atoms with Gasteiger partial charge in [-0.1, -0.05) is 74.5 Å². The van der Waals surface area contributed by atoms with Crippen molar-refractivity contribution in [2.24, 2.45) is 0 Å². The molecule has 3 aromatic rings. The van der Waals surface area contributed by atoms with Gasteiger partial charge in [0, 0.05) is 0 Å². The largest absolute Gasteiger partial charge is 0.0870 e. The Bertz CT molecular complexity index is 651. The first-order valence-electron chi connectivity index (χ1n) is 6.93. The molecule has 0 N–H and O–H groups in total. The van der Waals surface area contributed by atoms with Crippen LogP contribution in [0.15, 0.2) is 60.7 Å². The Hall–Kier alpha value is -2.08. The Kier molecular flexibility index (Phi) is 4.35. The Balaban J connectivity index is 0.000000637. The molecule has 0 radical (unpaired) electrons. The topological polar surface area (TPSA) is 0 Å². The summed E-state index contributed by atoms with van der Waals surface area (Å²) in [6, 6.07) is 19.4. The van der Waals surface area contributed by atoms with Gasteiger partial charge in [0.15, 0.2) is 0 Å². The van der Waals surface area contributed by atoms with Crippen molar-refractivity contribution < 1.29 is 0 Å². The van der Waals surface area contributed by atoms with Gasteiger partial charge in [0.1, 0.15) is 0 Å². The summed E-state index contributed by atoms with van der Waals surface area (Å²) in [4.78, 5) is 0. The van der Waals surface area contributed by atoms with Gasteiger partial charge >= 0.3 is 0 Å². The average Bonchev–Trinajstić information content (AvgIpc) is 2.49. The third-order valence-electron chi connectivity index (χ3n) is 3.15. The lowest BCUT2D eigenvalue weighted by Crippen LogP contribution is -1.82. The van der Waals surface area contributed by atoms with E-state index in [4.69, 9.17) is 0 Å². The van der Waals surface area contributed by atoms with Crippen LogP contribution in [0.3, 0.4) is 0 Å². The van der Waals surface area contributed by atoms with Crippen molar-refractivity contribution in [2.45, 2.75) is 20.8 Å². The highest BCUT2D eigenvalue weighted by Gasteiger charge is 2.03. The molecular weight excluding hydrogens is 228 g/mol. The van der Waals surface area contributed by atoms with Crippen LogP contribution in [-0.2, 0) is 0 Å². The lowest BCUT2D eigenvalue weighted by atomic mass is 9.96. The fourth-order valence-corrected chi connectivity index (χ4v) is 2.40. The Labute approximate surface area is 115 Å². The molecule has 0 fully saturated rings. The zero-order valence-electron chi connectivity index (χ0n) is 11.9. The summed E-state index contributed by atoms with van der Waals surface area (Å²) >= 11 is 0. The predicted molar refractivity (Wildman–Crippen MR) is 87.5 cm³/mol. The van der Waals surface area contributed by atoms with Gasteiger partial charge in [-0.15, -0.1) is 0 Å². The number of benzene rings is 3. The molecule has 0 bridgehead atoms. The van der Waals surface area contributed by atoms with Crippen molar-refractivity contribution in [3.63, 3.8) is 0 Å². The van der Waals surface area contributed by atoms with E-state index in [2.05, 4.69) is 73.7 Å². The van der Waals surface area contributed by atoms with Gasteiger partial charge in [0.05, 0.1) is 0 Å². The highest BCUT2D eigenvalue weighted by molar-refractivity contribution is 6.06. The number of rotatable bonds is 1. The van der Waals surface area contributed by atoms with Crippen molar-refractivity contribution in [1.29, 1.82) is 0 Å². The maximum atomic E-state index is 2.26. The van der Waals surface area contributed by atoms with E-state index in [-0.39, 0.29) is 0 Å². The second kappa shape index (κ2) is 6.19. The normalized spacial score (nSPS) is 10.7. The minimum absolute atomic E-state index is 1.30. The summed E-state index contributed by atoms with van der Waals surface area (Å²) in [5.74, 6) is 0. The molecule has 0 unspecified atom stereocenters. The summed E-state index contributed by atoms with van der Waals surface area (Å²) in [5.41, 5.74) is 1.32. The van der Waals surface area contributed by atoms with Crippen LogP contribution in [-0.4, -0.2) is 0 Å². The number of hydrogen-bond donors (Lipinski definition) is 0. The smallest absolute Gasteiger partial charge is 0.0103 e. The molecule has 0 spiro atoms. The van der Waals surface area contributed by atoms with Crippen LogP contribution in [0.4, 0.5) is 0 Å². The Morgan fingerprint density at radius 3 is 1.68 bits per heavy atom. The fraction of sp³-hybridized carbons (Fsp3) is 0.158. The number of fused-ring (bicyclic) bond motifs is 2. The van der Waals surface area contributed by atoms with E-state index in [1.807, 2.05) is 13.8 Å². The third-order valence-corrected chi connectivity index (χ3v) is 3.15. The van der Waals surface area contributed by atoms with E-state index in [9.17, 15) is 0 Å². The molecule has 0 aliphatic rings. The van der Waals surface area contributed by atoms with Gasteiger partial charge in [-0.05, 0) is 40.1 Å². The summed E-state index contributed by atoms with van der Waals surface area (Å²) < 4.78 is 0. The first-order chi connectivity index (χ1) is 9.40. The standard InChI is InChI=1S/C17H14.C2H6/c1-2-7-17-15-10-5-3-8-13(15)12-14-9-4-6-11-16(14)17;1-2/h2-12H,1H3;1-2H3. The summed E-state index contributed by atoms with van der Waals surface area (Å²) in [5, 5.41) is 5.26. The van der Waals surface area contributed by atoms with E-state index < -0.39 is 0 Å². The predicted octanol–water partition coefficient (Wildman–Crippen LogP) is 6.05. The lowest BCUT2D eigenvalue weighted by molar-refractivity contribution is 1.50. The van der Waals surface area contributed by atoms with Gasteiger partial charge in [-0.25, -0.2) is 0 Å². The minimum Gasteiger partial charge on any atom is -0.0870 e. The minimum atomic E-state index is 1.30. The van der Waals surface area contributed by atoms with Crippen LogP contribution in [0.2, 0.25) is 0 Å². The quantitative estimate of drug-likeness (QED) is 0.460. The van der Waals surface area contributed by atoms with Gasteiger partial charge < -0.3 is 0 Å². The molecule has 0 heterocycles. The molecule has 0 amide bonds. The van der Waals surface area contributed by atoms with Crippen LogP contribution >= 0.6 is 0 Å². The third kappa shape index (κ3) is 2.53. The highest BCUT2D eigenvalue weighted by Crippen LogP contribution is 2.29. The van der Waals surface area contributed by atoms with E-state index in [1.165, 1.54) is 27.1 Å². The zero-order valence-corrected chi connectivity index (χ0v) is 11.9. The van der Waals surface area contributed by atoms with Gasteiger partial charge in [0.25, 0.3) is 0 Å². The monoisotopic (exact) mass is 248 g/mol. The number of allylic oxidation sites excluding steroid dienone is 1. The molecule has 0 aliphatic heterocycles. The summed E-state index contributed by atoms with van der Waals surface area (Å²) in [6.45, 7) is 6.07. The molecule has 96 valence electrons. The first kappa shape index (κ1) is 13.4. The molecule has 0 heteroatoms. The molecule has 3 rings (SSSR count). The molecule has 0 aliphatic carbocycles. The SMILES string of the molecule is CC.CC=Cc1c2ccccc2cc2ccccc12. The lowest BCUT2D eigenvalue weighted by Gasteiger charge is -2.07. The highest BCUT2D eigenvalue weighted by atomic mass is 14.1. The molecule has 3 aromatic carbocycles. The van der Waals surface area contributed by atoms with Crippen molar-refractivity contribution in [1.82, 2.24) is 0 Å². The fourth-order valence-electron chi connectivity index (χ4n) is 2.40.